The number of hydrogen-bond acceptors (Lipinski definition) is 7. The zero-order valence-electron chi connectivity index (χ0n) is 20.8. The molecule has 0 unspecified atom stereocenters. The molecule has 1 aromatic carbocycles. The van der Waals surface area contributed by atoms with E-state index in [0.29, 0.717) is 47.5 Å². The number of ether oxygens (including phenoxy) is 2. The van der Waals surface area contributed by atoms with Gasteiger partial charge in [0.15, 0.2) is 0 Å². The molecule has 4 aromatic rings. The SMILES string of the molecule is COc1cc2c(-c3ccnn3CCN(C)C)cnc(N(Cc3c(F)ccc4c3CCO4)C(=O)O)c2cn1. The van der Waals surface area contributed by atoms with Crippen LogP contribution in [0.2, 0.25) is 0 Å². The molecule has 192 valence electrons. The van der Waals surface area contributed by atoms with Crippen LogP contribution in [0.15, 0.2) is 42.9 Å². The van der Waals surface area contributed by atoms with Crippen molar-refractivity contribution in [2.45, 2.75) is 19.5 Å². The maximum Gasteiger partial charge on any atom is 0.413 e. The van der Waals surface area contributed by atoms with Gasteiger partial charge in [-0.3, -0.25) is 9.58 Å². The average Bonchev–Trinajstić information content (AvgIpc) is 3.55. The normalized spacial score (nSPS) is 12.6. The molecule has 0 saturated carbocycles. The van der Waals surface area contributed by atoms with Crippen molar-refractivity contribution in [3.05, 3.63) is 59.8 Å². The van der Waals surface area contributed by atoms with Gasteiger partial charge in [-0.15, -0.1) is 0 Å². The van der Waals surface area contributed by atoms with Crippen LogP contribution in [0.5, 0.6) is 11.6 Å². The summed E-state index contributed by atoms with van der Waals surface area (Å²) in [6.45, 7) is 1.65. The highest BCUT2D eigenvalue weighted by atomic mass is 19.1. The number of amides is 1. The van der Waals surface area contributed by atoms with Crippen LogP contribution in [0.3, 0.4) is 0 Å². The third kappa shape index (κ3) is 4.65. The molecular weight excluding hydrogens is 479 g/mol. The summed E-state index contributed by atoms with van der Waals surface area (Å²) >= 11 is 0. The fourth-order valence-corrected chi connectivity index (χ4v) is 4.54. The second kappa shape index (κ2) is 10.0. The standard InChI is InChI=1S/C26H27FN6O4/c1-31(2)9-10-33-22(6-8-30-33)18-13-29-25(19-14-28-24(36-3)12-17(18)19)32(26(34)35)15-20-16-7-11-37-23(16)5-4-21(20)27/h4-6,8,12-14H,7,9-11,15H2,1-3H3,(H,34,35). The molecule has 0 saturated heterocycles. The maximum atomic E-state index is 14.9. The molecule has 5 rings (SSSR count). The van der Waals surface area contributed by atoms with Crippen molar-refractivity contribution in [2.24, 2.45) is 0 Å². The lowest BCUT2D eigenvalue weighted by Crippen LogP contribution is -2.30. The van der Waals surface area contributed by atoms with Gasteiger partial charge in [0, 0.05) is 65.1 Å². The molecule has 0 radical (unpaired) electrons. The number of fused-ring (bicyclic) bond motifs is 2. The number of benzene rings is 1. The predicted octanol–water partition coefficient (Wildman–Crippen LogP) is 3.82. The molecule has 1 N–H and O–H groups in total. The van der Waals surface area contributed by atoms with Gasteiger partial charge >= 0.3 is 6.09 Å². The Balaban J connectivity index is 1.63. The summed E-state index contributed by atoms with van der Waals surface area (Å²) < 4.78 is 27.7. The first kappa shape index (κ1) is 24.4. The molecule has 4 heterocycles. The second-order valence-corrected chi connectivity index (χ2v) is 8.98. The highest BCUT2D eigenvalue weighted by molar-refractivity contribution is 6.05. The van der Waals surface area contributed by atoms with Crippen molar-refractivity contribution in [1.82, 2.24) is 24.6 Å². The van der Waals surface area contributed by atoms with E-state index in [1.54, 1.807) is 24.5 Å². The molecule has 0 spiro atoms. The Morgan fingerprint density at radius 2 is 2.05 bits per heavy atom. The fourth-order valence-electron chi connectivity index (χ4n) is 4.54. The number of likely N-dealkylation sites (N-methyl/N-ethyl adjacent to an activating group) is 1. The first-order valence-electron chi connectivity index (χ1n) is 11.8. The van der Waals surface area contributed by atoms with Gasteiger partial charge in [-0.25, -0.2) is 19.2 Å². The maximum absolute atomic E-state index is 14.9. The summed E-state index contributed by atoms with van der Waals surface area (Å²) in [4.78, 5) is 24.4. The Hall–Kier alpha value is -4.25. The number of aromatic nitrogens is 4. The molecule has 0 aliphatic carbocycles. The zero-order chi connectivity index (χ0) is 26.1. The van der Waals surface area contributed by atoms with Crippen LogP contribution in [-0.4, -0.2) is 70.2 Å². The van der Waals surface area contributed by atoms with Gasteiger partial charge in [0.2, 0.25) is 5.88 Å². The summed E-state index contributed by atoms with van der Waals surface area (Å²) in [7, 11) is 5.49. The summed E-state index contributed by atoms with van der Waals surface area (Å²) in [5, 5.41) is 15.8. The van der Waals surface area contributed by atoms with Gasteiger partial charge < -0.3 is 19.5 Å². The Kier molecular flexibility index (Phi) is 6.62. The fraction of sp³-hybridized carbons (Fsp3) is 0.308. The minimum absolute atomic E-state index is 0.150. The molecule has 1 aliphatic heterocycles. The highest BCUT2D eigenvalue weighted by Gasteiger charge is 2.27. The third-order valence-corrected chi connectivity index (χ3v) is 6.43. The van der Waals surface area contributed by atoms with E-state index >= 15 is 0 Å². The number of rotatable bonds is 8. The van der Waals surface area contributed by atoms with Crippen LogP contribution in [0.4, 0.5) is 15.0 Å². The molecule has 10 nitrogen and oxygen atoms in total. The van der Waals surface area contributed by atoms with Crippen LogP contribution in [0, 0.1) is 5.82 Å². The van der Waals surface area contributed by atoms with Gasteiger partial charge in [0.1, 0.15) is 17.4 Å². The molecule has 11 heteroatoms. The molecule has 0 fully saturated rings. The molecule has 37 heavy (non-hydrogen) atoms. The Bertz CT molecular complexity index is 1470. The lowest BCUT2D eigenvalue weighted by atomic mass is 10.0. The van der Waals surface area contributed by atoms with E-state index in [1.807, 2.05) is 24.8 Å². The minimum atomic E-state index is -1.26. The van der Waals surface area contributed by atoms with Crippen LogP contribution in [0.1, 0.15) is 11.1 Å². The van der Waals surface area contributed by atoms with E-state index in [9.17, 15) is 14.3 Å². The molecule has 0 atom stereocenters. The first-order valence-corrected chi connectivity index (χ1v) is 11.8. The third-order valence-electron chi connectivity index (χ3n) is 6.43. The summed E-state index contributed by atoms with van der Waals surface area (Å²) in [5.41, 5.74) is 2.53. The quantitative estimate of drug-likeness (QED) is 0.385. The first-order chi connectivity index (χ1) is 17.9. The van der Waals surface area contributed by atoms with Gasteiger partial charge in [-0.05, 0) is 32.3 Å². The van der Waals surface area contributed by atoms with Crippen molar-refractivity contribution < 1.29 is 23.8 Å². The molecule has 3 aromatic heterocycles. The van der Waals surface area contributed by atoms with E-state index in [2.05, 4.69) is 20.0 Å². The van der Waals surface area contributed by atoms with Crippen molar-refractivity contribution in [1.29, 1.82) is 0 Å². The summed E-state index contributed by atoms with van der Waals surface area (Å²) in [5.74, 6) is 0.612. The summed E-state index contributed by atoms with van der Waals surface area (Å²) in [6.07, 6.45) is 4.12. The van der Waals surface area contributed by atoms with E-state index < -0.39 is 11.9 Å². The Labute approximate surface area is 212 Å². The average molecular weight is 507 g/mol. The lowest BCUT2D eigenvalue weighted by Gasteiger charge is -2.22. The van der Waals surface area contributed by atoms with Gasteiger partial charge in [0.05, 0.1) is 32.5 Å². The van der Waals surface area contributed by atoms with Crippen LogP contribution in [-0.2, 0) is 19.5 Å². The number of methoxy groups -OCH3 is 1. The van der Waals surface area contributed by atoms with Crippen LogP contribution < -0.4 is 14.4 Å². The number of hydrogen-bond donors (Lipinski definition) is 1. The van der Waals surface area contributed by atoms with E-state index in [0.717, 1.165) is 22.7 Å². The number of anilines is 1. The number of nitrogens with zero attached hydrogens (tertiary/aromatic N) is 6. The van der Waals surface area contributed by atoms with Crippen molar-refractivity contribution in [2.75, 3.05) is 39.3 Å². The molecule has 0 bridgehead atoms. The van der Waals surface area contributed by atoms with Crippen LogP contribution in [0.25, 0.3) is 22.0 Å². The van der Waals surface area contributed by atoms with Crippen molar-refractivity contribution in [3.63, 3.8) is 0 Å². The summed E-state index contributed by atoms with van der Waals surface area (Å²) in [6, 6.07) is 6.50. The Morgan fingerprint density at radius 3 is 2.81 bits per heavy atom. The number of carboxylic acid groups (broad SMARTS) is 1. The predicted molar refractivity (Wildman–Crippen MR) is 136 cm³/mol. The van der Waals surface area contributed by atoms with E-state index in [4.69, 9.17) is 9.47 Å². The zero-order valence-corrected chi connectivity index (χ0v) is 20.8. The van der Waals surface area contributed by atoms with Crippen molar-refractivity contribution >= 4 is 22.7 Å². The number of halogens is 1. The lowest BCUT2D eigenvalue weighted by molar-refractivity contribution is 0.201. The smallest absolute Gasteiger partial charge is 0.413 e. The Morgan fingerprint density at radius 1 is 1.22 bits per heavy atom. The molecule has 1 aliphatic rings. The van der Waals surface area contributed by atoms with E-state index in [1.165, 1.54) is 19.4 Å². The number of carbonyl (C=O) groups is 1. The van der Waals surface area contributed by atoms with Gasteiger partial charge in [-0.2, -0.15) is 5.10 Å². The molecule has 1 amide bonds. The number of pyridine rings is 2. The minimum Gasteiger partial charge on any atom is -0.493 e. The highest BCUT2D eigenvalue weighted by Crippen LogP contribution is 2.37. The topological polar surface area (TPSA) is 106 Å². The van der Waals surface area contributed by atoms with Crippen LogP contribution >= 0.6 is 0 Å². The van der Waals surface area contributed by atoms with Gasteiger partial charge in [-0.1, -0.05) is 0 Å². The monoisotopic (exact) mass is 506 g/mol. The molecular formula is C26H27FN6O4. The largest absolute Gasteiger partial charge is 0.493 e. The van der Waals surface area contributed by atoms with Crippen molar-refractivity contribution in [3.8, 4) is 22.9 Å². The van der Waals surface area contributed by atoms with Gasteiger partial charge in [0.25, 0.3) is 0 Å². The van der Waals surface area contributed by atoms with E-state index in [-0.39, 0.29) is 17.9 Å². The second-order valence-electron chi connectivity index (χ2n) is 8.98.